The van der Waals surface area contributed by atoms with Crippen LogP contribution in [-0.4, -0.2) is 32.4 Å². The van der Waals surface area contributed by atoms with Crippen LogP contribution in [0.1, 0.15) is 26.2 Å². The minimum atomic E-state index is 0.813. The van der Waals surface area contributed by atoms with E-state index in [0.29, 0.717) is 0 Å². The second-order valence-corrected chi connectivity index (χ2v) is 5.61. The maximum Gasteiger partial charge on any atom is 0.0950 e. The predicted molar refractivity (Wildman–Crippen MR) is 79.3 cm³/mol. The van der Waals surface area contributed by atoms with Crippen molar-refractivity contribution in [2.75, 3.05) is 13.1 Å². The van der Waals surface area contributed by atoms with E-state index in [9.17, 15) is 0 Å². The topological polar surface area (TPSA) is 47.7 Å². The lowest BCUT2D eigenvalue weighted by Gasteiger charge is -2.10. The van der Waals surface area contributed by atoms with Gasteiger partial charge in [-0.3, -0.25) is 4.68 Å². The Labute approximate surface area is 120 Å². The monoisotopic (exact) mass is 273 g/mol. The third kappa shape index (κ3) is 2.93. The molecule has 0 bridgehead atoms. The molecule has 3 heterocycles. The molecule has 20 heavy (non-hydrogen) atoms. The molecule has 1 aliphatic rings. The van der Waals surface area contributed by atoms with Gasteiger partial charge >= 0.3 is 0 Å². The molecule has 0 aromatic carbocycles. The number of aryl methyl sites for hydroxylation is 2. The van der Waals surface area contributed by atoms with Crippen LogP contribution in [0.5, 0.6) is 0 Å². The predicted octanol–water partition coefficient (Wildman–Crippen LogP) is 2.16. The standard InChI is InChI=1S/C15H23N5/c1-2-6-20-11-14(9-18-20)15-10-17-12-19(15)7-4-13-3-5-16-8-13/h9-13,16H,2-8H2,1H3. The van der Waals surface area contributed by atoms with Crippen LogP contribution < -0.4 is 5.32 Å². The van der Waals surface area contributed by atoms with Crippen LogP contribution in [0.3, 0.4) is 0 Å². The molecule has 3 rings (SSSR count). The van der Waals surface area contributed by atoms with Crippen LogP contribution in [0.2, 0.25) is 0 Å². The highest BCUT2D eigenvalue weighted by atomic mass is 15.3. The van der Waals surface area contributed by atoms with Crippen molar-refractivity contribution in [3.8, 4) is 11.3 Å². The van der Waals surface area contributed by atoms with E-state index in [2.05, 4.69) is 33.1 Å². The number of nitrogens with zero attached hydrogens (tertiary/aromatic N) is 4. The lowest BCUT2D eigenvalue weighted by Crippen LogP contribution is -2.11. The van der Waals surface area contributed by atoms with Crippen LogP contribution in [-0.2, 0) is 13.1 Å². The van der Waals surface area contributed by atoms with Crippen LogP contribution in [0.25, 0.3) is 11.3 Å². The molecule has 0 amide bonds. The number of aromatic nitrogens is 4. The van der Waals surface area contributed by atoms with Crippen molar-refractivity contribution in [3.63, 3.8) is 0 Å². The largest absolute Gasteiger partial charge is 0.331 e. The maximum absolute atomic E-state index is 4.41. The maximum atomic E-state index is 4.41. The van der Waals surface area contributed by atoms with Crippen molar-refractivity contribution in [2.45, 2.75) is 39.3 Å². The summed E-state index contributed by atoms with van der Waals surface area (Å²) in [6.07, 6.45) is 11.6. The lowest BCUT2D eigenvalue weighted by atomic mass is 10.1. The second kappa shape index (κ2) is 6.22. The molecule has 0 radical (unpaired) electrons. The van der Waals surface area contributed by atoms with Crippen molar-refractivity contribution >= 4 is 0 Å². The Morgan fingerprint density at radius 2 is 2.30 bits per heavy atom. The summed E-state index contributed by atoms with van der Waals surface area (Å²) in [4.78, 5) is 4.31. The molecule has 108 valence electrons. The van der Waals surface area contributed by atoms with Gasteiger partial charge in [-0.05, 0) is 38.3 Å². The Bertz CT molecular complexity index is 536. The van der Waals surface area contributed by atoms with Gasteiger partial charge in [0, 0.05) is 24.8 Å². The van der Waals surface area contributed by atoms with Gasteiger partial charge in [0.2, 0.25) is 0 Å². The van der Waals surface area contributed by atoms with Crippen LogP contribution in [0.4, 0.5) is 0 Å². The molecular weight excluding hydrogens is 250 g/mol. The molecule has 1 fully saturated rings. The number of rotatable bonds is 6. The molecule has 1 saturated heterocycles. The van der Waals surface area contributed by atoms with Crippen LogP contribution in [0, 0.1) is 5.92 Å². The first kappa shape index (κ1) is 13.4. The second-order valence-electron chi connectivity index (χ2n) is 5.61. The molecule has 0 saturated carbocycles. The number of imidazole rings is 1. The van der Waals surface area contributed by atoms with Gasteiger partial charge in [0.05, 0.1) is 24.4 Å². The highest BCUT2D eigenvalue weighted by molar-refractivity contribution is 5.56. The van der Waals surface area contributed by atoms with Gasteiger partial charge in [0.1, 0.15) is 0 Å². The van der Waals surface area contributed by atoms with E-state index >= 15 is 0 Å². The Morgan fingerprint density at radius 3 is 3.10 bits per heavy atom. The molecule has 2 aromatic heterocycles. The minimum absolute atomic E-state index is 0.813. The smallest absolute Gasteiger partial charge is 0.0950 e. The Kier molecular flexibility index (Phi) is 4.16. The van der Waals surface area contributed by atoms with E-state index in [1.165, 1.54) is 37.2 Å². The summed E-state index contributed by atoms with van der Waals surface area (Å²) in [6, 6.07) is 0. The molecule has 5 nitrogen and oxygen atoms in total. The van der Waals surface area contributed by atoms with Crippen molar-refractivity contribution in [1.82, 2.24) is 24.6 Å². The number of nitrogens with one attached hydrogen (secondary N) is 1. The number of hydrogen-bond acceptors (Lipinski definition) is 3. The van der Waals surface area contributed by atoms with Gasteiger partial charge < -0.3 is 9.88 Å². The van der Waals surface area contributed by atoms with E-state index in [-0.39, 0.29) is 0 Å². The van der Waals surface area contributed by atoms with E-state index in [1.54, 1.807) is 0 Å². The quantitative estimate of drug-likeness (QED) is 0.877. The fourth-order valence-electron chi connectivity index (χ4n) is 2.87. The summed E-state index contributed by atoms with van der Waals surface area (Å²) in [5, 5.41) is 7.83. The summed E-state index contributed by atoms with van der Waals surface area (Å²) in [5.74, 6) is 0.813. The van der Waals surface area contributed by atoms with Crippen LogP contribution >= 0.6 is 0 Å². The molecule has 1 aliphatic heterocycles. The van der Waals surface area contributed by atoms with Crippen molar-refractivity contribution < 1.29 is 0 Å². The van der Waals surface area contributed by atoms with E-state index < -0.39 is 0 Å². The van der Waals surface area contributed by atoms with Gasteiger partial charge in [-0.1, -0.05) is 6.92 Å². The Hall–Kier alpha value is -1.62. The average molecular weight is 273 g/mol. The zero-order valence-electron chi connectivity index (χ0n) is 12.1. The minimum Gasteiger partial charge on any atom is -0.331 e. The number of hydrogen-bond donors (Lipinski definition) is 1. The third-order valence-electron chi connectivity index (χ3n) is 4.03. The summed E-state index contributed by atoms with van der Waals surface area (Å²) >= 11 is 0. The van der Waals surface area contributed by atoms with E-state index in [1.807, 2.05) is 23.4 Å². The van der Waals surface area contributed by atoms with Gasteiger partial charge in [-0.15, -0.1) is 0 Å². The molecule has 1 N–H and O–H groups in total. The molecule has 5 heteroatoms. The van der Waals surface area contributed by atoms with Crippen molar-refractivity contribution in [3.05, 3.63) is 24.9 Å². The van der Waals surface area contributed by atoms with Crippen LogP contribution in [0.15, 0.2) is 24.9 Å². The Morgan fingerprint density at radius 1 is 1.35 bits per heavy atom. The summed E-state index contributed by atoms with van der Waals surface area (Å²) in [7, 11) is 0. The molecule has 1 unspecified atom stereocenters. The summed E-state index contributed by atoms with van der Waals surface area (Å²) in [6.45, 7) is 6.52. The van der Waals surface area contributed by atoms with Gasteiger partial charge in [0.25, 0.3) is 0 Å². The highest BCUT2D eigenvalue weighted by Crippen LogP contribution is 2.20. The lowest BCUT2D eigenvalue weighted by molar-refractivity contribution is 0.481. The normalized spacial score (nSPS) is 18.8. The van der Waals surface area contributed by atoms with E-state index in [0.717, 1.165) is 25.4 Å². The zero-order chi connectivity index (χ0) is 13.8. The van der Waals surface area contributed by atoms with Crippen molar-refractivity contribution in [1.29, 1.82) is 0 Å². The highest BCUT2D eigenvalue weighted by Gasteiger charge is 2.15. The van der Waals surface area contributed by atoms with Gasteiger partial charge in [0.15, 0.2) is 0 Å². The fourth-order valence-corrected chi connectivity index (χ4v) is 2.87. The SMILES string of the molecule is CCCn1cc(-c2cncn2CCC2CCNC2)cn1. The third-order valence-corrected chi connectivity index (χ3v) is 4.03. The van der Waals surface area contributed by atoms with E-state index in [4.69, 9.17) is 0 Å². The van der Waals surface area contributed by atoms with Crippen molar-refractivity contribution in [2.24, 2.45) is 5.92 Å². The van der Waals surface area contributed by atoms with Gasteiger partial charge in [-0.25, -0.2) is 4.98 Å². The average Bonchev–Trinajstić information content (AvgIpc) is 3.18. The molecule has 1 atom stereocenters. The summed E-state index contributed by atoms with van der Waals surface area (Å²) in [5.41, 5.74) is 2.35. The first-order valence-corrected chi connectivity index (χ1v) is 7.60. The first-order valence-electron chi connectivity index (χ1n) is 7.60. The fraction of sp³-hybridized carbons (Fsp3) is 0.600. The molecular formula is C15H23N5. The Balaban J connectivity index is 1.68. The molecule has 0 aliphatic carbocycles. The first-order chi connectivity index (χ1) is 9.86. The van der Waals surface area contributed by atoms with Gasteiger partial charge in [-0.2, -0.15) is 5.10 Å². The molecule has 0 spiro atoms. The zero-order valence-corrected chi connectivity index (χ0v) is 12.1. The summed E-state index contributed by atoms with van der Waals surface area (Å²) < 4.78 is 4.26. The molecule has 2 aromatic rings.